The molecule has 2 aromatic carbocycles. The summed E-state index contributed by atoms with van der Waals surface area (Å²) in [5.41, 5.74) is 3.26. The van der Waals surface area contributed by atoms with Crippen molar-refractivity contribution in [2.75, 3.05) is 31.1 Å². The fourth-order valence-corrected chi connectivity index (χ4v) is 5.37. The van der Waals surface area contributed by atoms with Gasteiger partial charge >= 0.3 is 0 Å². The lowest BCUT2D eigenvalue weighted by Crippen LogP contribution is -2.48. The molecule has 5 nitrogen and oxygen atoms in total. The highest BCUT2D eigenvalue weighted by Gasteiger charge is 2.45. The Morgan fingerprint density at radius 2 is 1.19 bits per heavy atom. The fourth-order valence-electron chi connectivity index (χ4n) is 5.37. The lowest BCUT2D eigenvalue weighted by Gasteiger charge is -2.38. The Hall–Kier alpha value is -3.08. The Kier molecular flexibility index (Phi) is 5.97. The molecule has 0 unspecified atom stereocenters. The third-order valence-corrected chi connectivity index (χ3v) is 7.06. The summed E-state index contributed by atoms with van der Waals surface area (Å²) in [7, 11) is 0. The van der Waals surface area contributed by atoms with Crippen LogP contribution in [-0.4, -0.2) is 53.8 Å². The van der Waals surface area contributed by atoms with Gasteiger partial charge in [-0.15, -0.1) is 0 Å². The van der Waals surface area contributed by atoms with Crippen LogP contribution in [0.3, 0.4) is 0 Å². The topological polar surface area (TPSA) is 43.9 Å². The molecule has 2 amide bonds. The SMILES string of the molecule is O=C1C(c2ccccc2)=C(N2CCN(c3ccccc3)CC2)C(=O)N1C1CCCCCC1. The van der Waals surface area contributed by atoms with E-state index in [-0.39, 0.29) is 17.9 Å². The van der Waals surface area contributed by atoms with Crippen LogP contribution in [0.2, 0.25) is 0 Å². The Morgan fingerprint density at radius 3 is 1.81 bits per heavy atom. The molecule has 166 valence electrons. The smallest absolute Gasteiger partial charge is 0.278 e. The van der Waals surface area contributed by atoms with Crippen LogP contribution in [0.1, 0.15) is 44.1 Å². The van der Waals surface area contributed by atoms with E-state index in [4.69, 9.17) is 0 Å². The lowest BCUT2D eigenvalue weighted by atomic mass is 10.0. The molecule has 0 atom stereocenters. The van der Waals surface area contributed by atoms with E-state index in [0.29, 0.717) is 11.3 Å². The van der Waals surface area contributed by atoms with Crippen LogP contribution in [0.4, 0.5) is 5.69 Å². The Balaban J connectivity index is 1.44. The van der Waals surface area contributed by atoms with E-state index in [1.54, 1.807) is 4.90 Å². The van der Waals surface area contributed by atoms with Gasteiger partial charge < -0.3 is 9.80 Å². The van der Waals surface area contributed by atoms with Gasteiger partial charge in [0.1, 0.15) is 5.70 Å². The van der Waals surface area contributed by atoms with Gasteiger partial charge in [0.05, 0.1) is 5.57 Å². The Morgan fingerprint density at radius 1 is 0.625 bits per heavy atom. The Bertz CT molecular complexity index is 986. The minimum absolute atomic E-state index is 0.0271. The molecule has 0 spiro atoms. The number of hydrogen-bond donors (Lipinski definition) is 0. The van der Waals surface area contributed by atoms with Gasteiger partial charge in [-0.2, -0.15) is 0 Å². The molecular weight excluding hydrogens is 398 g/mol. The highest BCUT2D eigenvalue weighted by molar-refractivity contribution is 6.35. The summed E-state index contributed by atoms with van der Waals surface area (Å²) in [5.74, 6) is -0.192. The van der Waals surface area contributed by atoms with E-state index < -0.39 is 0 Å². The molecule has 1 aliphatic carbocycles. The van der Waals surface area contributed by atoms with Crippen molar-refractivity contribution in [3.05, 3.63) is 71.9 Å². The second-order valence-electron chi connectivity index (χ2n) is 9.02. The molecule has 5 heteroatoms. The van der Waals surface area contributed by atoms with E-state index >= 15 is 0 Å². The van der Waals surface area contributed by atoms with Crippen molar-refractivity contribution in [1.29, 1.82) is 0 Å². The summed E-state index contributed by atoms with van der Waals surface area (Å²) in [6, 6.07) is 20.2. The maximum absolute atomic E-state index is 13.8. The Labute approximate surface area is 190 Å². The average Bonchev–Trinajstić information content (AvgIpc) is 3.00. The number of carbonyl (C=O) groups excluding carboxylic acids is 2. The van der Waals surface area contributed by atoms with Crippen LogP contribution in [0.25, 0.3) is 5.57 Å². The van der Waals surface area contributed by atoms with Crippen LogP contribution >= 0.6 is 0 Å². The highest BCUT2D eigenvalue weighted by atomic mass is 16.2. The summed E-state index contributed by atoms with van der Waals surface area (Å²) in [6.45, 7) is 3.14. The number of rotatable bonds is 4. The van der Waals surface area contributed by atoms with Crippen molar-refractivity contribution >= 4 is 23.1 Å². The largest absolute Gasteiger partial charge is 0.368 e. The first-order valence-corrected chi connectivity index (χ1v) is 12.0. The number of anilines is 1. The number of nitrogens with zero attached hydrogens (tertiary/aromatic N) is 3. The monoisotopic (exact) mass is 429 g/mol. The van der Waals surface area contributed by atoms with Crippen molar-refractivity contribution in [2.24, 2.45) is 0 Å². The van der Waals surface area contributed by atoms with Gasteiger partial charge in [-0.05, 0) is 30.5 Å². The molecule has 5 rings (SSSR count). The number of hydrogen-bond acceptors (Lipinski definition) is 4. The molecule has 2 aliphatic heterocycles. The van der Waals surface area contributed by atoms with Gasteiger partial charge in [0.2, 0.25) is 0 Å². The van der Waals surface area contributed by atoms with Gasteiger partial charge in [-0.3, -0.25) is 14.5 Å². The van der Waals surface area contributed by atoms with Crippen LogP contribution < -0.4 is 4.90 Å². The van der Waals surface area contributed by atoms with Crippen LogP contribution in [-0.2, 0) is 9.59 Å². The molecule has 32 heavy (non-hydrogen) atoms. The van der Waals surface area contributed by atoms with E-state index in [1.165, 1.54) is 18.5 Å². The molecule has 2 aromatic rings. The van der Waals surface area contributed by atoms with E-state index in [1.807, 2.05) is 36.4 Å². The first-order valence-electron chi connectivity index (χ1n) is 12.0. The van der Waals surface area contributed by atoms with Crippen LogP contribution in [0.5, 0.6) is 0 Å². The maximum atomic E-state index is 13.8. The highest BCUT2D eigenvalue weighted by Crippen LogP contribution is 2.36. The maximum Gasteiger partial charge on any atom is 0.278 e. The van der Waals surface area contributed by atoms with E-state index in [9.17, 15) is 9.59 Å². The number of para-hydroxylation sites is 1. The van der Waals surface area contributed by atoms with Crippen molar-refractivity contribution in [2.45, 2.75) is 44.6 Å². The summed E-state index contributed by atoms with van der Waals surface area (Å²) >= 11 is 0. The minimum atomic E-state index is -0.103. The number of carbonyl (C=O) groups is 2. The zero-order valence-corrected chi connectivity index (χ0v) is 18.6. The second-order valence-corrected chi connectivity index (χ2v) is 9.02. The predicted octanol–water partition coefficient (Wildman–Crippen LogP) is 4.31. The van der Waals surface area contributed by atoms with E-state index in [2.05, 4.69) is 34.1 Å². The number of imide groups is 1. The van der Waals surface area contributed by atoms with Gasteiger partial charge in [0, 0.05) is 37.9 Å². The van der Waals surface area contributed by atoms with Gasteiger partial charge in [0.15, 0.2) is 0 Å². The van der Waals surface area contributed by atoms with Gasteiger partial charge in [-0.1, -0.05) is 74.2 Å². The van der Waals surface area contributed by atoms with Crippen LogP contribution in [0.15, 0.2) is 66.4 Å². The molecule has 2 fully saturated rings. The van der Waals surface area contributed by atoms with Crippen molar-refractivity contribution < 1.29 is 9.59 Å². The fraction of sp³-hybridized carbons (Fsp3) is 0.407. The molecule has 3 aliphatic rings. The molecule has 0 radical (unpaired) electrons. The second kappa shape index (κ2) is 9.19. The zero-order chi connectivity index (χ0) is 21.9. The van der Waals surface area contributed by atoms with Crippen LogP contribution in [0, 0.1) is 0 Å². The molecule has 1 saturated carbocycles. The first kappa shape index (κ1) is 20.8. The third kappa shape index (κ3) is 3.92. The molecule has 0 aromatic heterocycles. The van der Waals surface area contributed by atoms with E-state index in [0.717, 1.165) is 57.4 Å². The van der Waals surface area contributed by atoms with Gasteiger partial charge in [0.25, 0.3) is 11.8 Å². The number of piperazine rings is 1. The quantitative estimate of drug-likeness (QED) is 0.537. The molecule has 0 bridgehead atoms. The summed E-state index contributed by atoms with van der Waals surface area (Å²) in [6.07, 6.45) is 6.42. The normalized spacial score (nSPS) is 20.8. The third-order valence-electron chi connectivity index (χ3n) is 7.06. The standard InChI is InChI=1S/C27H31N3O2/c31-26-24(21-11-5-3-6-12-21)25(27(32)30(26)23-15-7-1-2-8-16-23)29-19-17-28(18-20-29)22-13-9-4-10-14-22/h3-6,9-14,23H,1-2,7-8,15-20H2. The summed E-state index contributed by atoms with van der Waals surface area (Å²) in [5, 5.41) is 0. The molecule has 0 N–H and O–H groups in total. The summed E-state index contributed by atoms with van der Waals surface area (Å²) in [4.78, 5) is 33.5. The van der Waals surface area contributed by atoms with Crippen molar-refractivity contribution in [3.63, 3.8) is 0 Å². The first-order chi connectivity index (χ1) is 15.7. The van der Waals surface area contributed by atoms with Gasteiger partial charge in [-0.25, -0.2) is 0 Å². The predicted molar refractivity (Wildman–Crippen MR) is 127 cm³/mol. The van der Waals surface area contributed by atoms with Crippen molar-refractivity contribution in [3.8, 4) is 0 Å². The lowest BCUT2D eigenvalue weighted by molar-refractivity contribution is -0.140. The molecule has 2 heterocycles. The number of amides is 2. The molecular formula is C27H31N3O2. The number of benzene rings is 2. The van der Waals surface area contributed by atoms with Crippen molar-refractivity contribution in [1.82, 2.24) is 9.80 Å². The minimum Gasteiger partial charge on any atom is -0.368 e. The average molecular weight is 430 g/mol. The zero-order valence-electron chi connectivity index (χ0n) is 18.6. The summed E-state index contributed by atoms with van der Waals surface area (Å²) < 4.78 is 0. The molecule has 1 saturated heterocycles.